The minimum absolute atomic E-state index is 0.898. The molecule has 2 heteroatoms. The van der Waals surface area contributed by atoms with E-state index in [9.17, 15) is 0 Å². The van der Waals surface area contributed by atoms with Crippen molar-refractivity contribution < 1.29 is 0 Å². The lowest BCUT2D eigenvalue weighted by atomic mass is 9.97. The smallest absolute Gasteiger partial charge is 0.0967 e. The number of aromatic nitrogens is 2. The summed E-state index contributed by atoms with van der Waals surface area (Å²) in [5.74, 6) is 0. The molecule has 0 aliphatic rings. The van der Waals surface area contributed by atoms with E-state index in [1.54, 1.807) is 0 Å². The van der Waals surface area contributed by atoms with E-state index in [0.717, 1.165) is 23.9 Å². The lowest BCUT2D eigenvalue weighted by molar-refractivity contribution is 1.19. The molecule has 0 unspecified atom stereocenters. The number of fused-ring (bicyclic) bond motifs is 3. The summed E-state index contributed by atoms with van der Waals surface area (Å²) in [5, 5.41) is 2.37. The molecule has 0 N–H and O–H groups in total. The van der Waals surface area contributed by atoms with E-state index in [0.29, 0.717) is 0 Å². The van der Waals surface area contributed by atoms with Crippen LogP contribution in [0.1, 0.15) is 22.3 Å². The van der Waals surface area contributed by atoms with Crippen LogP contribution < -0.4 is 0 Å². The Hall–Kier alpha value is -3.52. The fourth-order valence-electron chi connectivity index (χ4n) is 3.88. The fraction of sp³-hybridized carbons (Fsp3) is 0.0769. The van der Waals surface area contributed by atoms with E-state index in [1.807, 2.05) is 12.4 Å². The number of nitrogens with zero attached hydrogens (tertiary/aromatic N) is 2. The van der Waals surface area contributed by atoms with Crippen LogP contribution in [0.15, 0.2) is 97.3 Å². The number of benzene rings is 3. The van der Waals surface area contributed by atoms with Crippen LogP contribution in [-0.4, -0.2) is 9.97 Å². The highest BCUT2D eigenvalue weighted by atomic mass is 14.7. The van der Waals surface area contributed by atoms with Crippen molar-refractivity contribution in [2.75, 3.05) is 0 Å². The van der Waals surface area contributed by atoms with Crippen molar-refractivity contribution in [2.24, 2.45) is 0 Å². The van der Waals surface area contributed by atoms with Gasteiger partial charge in [-0.25, -0.2) is 0 Å². The van der Waals surface area contributed by atoms with Gasteiger partial charge < -0.3 is 0 Å². The summed E-state index contributed by atoms with van der Waals surface area (Å²) in [6.45, 7) is 0. The highest BCUT2D eigenvalue weighted by Gasteiger charge is 2.10. The zero-order chi connectivity index (χ0) is 18.8. The summed E-state index contributed by atoms with van der Waals surface area (Å²) in [6, 6.07) is 29.8. The van der Waals surface area contributed by atoms with E-state index < -0.39 is 0 Å². The average molecular weight is 360 g/mol. The molecule has 0 radical (unpaired) electrons. The quantitative estimate of drug-likeness (QED) is 0.369. The third-order valence-corrected chi connectivity index (χ3v) is 5.28. The van der Waals surface area contributed by atoms with Crippen molar-refractivity contribution in [3.05, 3.63) is 120 Å². The van der Waals surface area contributed by atoms with E-state index in [4.69, 9.17) is 9.97 Å². The third kappa shape index (κ3) is 3.14. The molecule has 28 heavy (non-hydrogen) atoms. The first-order valence-corrected chi connectivity index (χ1v) is 9.60. The largest absolute Gasteiger partial charge is 0.254 e. The first kappa shape index (κ1) is 16.6. The Morgan fingerprint density at radius 1 is 0.464 bits per heavy atom. The second-order valence-corrected chi connectivity index (χ2v) is 7.12. The van der Waals surface area contributed by atoms with Crippen LogP contribution in [0.5, 0.6) is 0 Å². The standard InChI is InChI=1S/C26H20N2/c1-3-7-19(8-4-1)17-21-13-15-27-25-23(21)11-12-24-22(14-16-28-26(24)25)18-20-9-5-2-6-10-20/h1-16H,17-18H2. The zero-order valence-electron chi connectivity index (χ0n) is 15.5. The van der Waals surface area contributed by atoms with Gasteiger partial charge in [-0.05, 0) is 47.2 Å². The number of pyridine rings is 2. The van der Waals surface area contributed by atoms with Crippen LogP contribution in [0.4, 0.5) is 0 Å². The second kappa shape index (κ2) is 7.24. The summed E-state index contributed by atoms with van der Waals surface area (Å²) < 4.78 is 0. The number of hydrogen-bond donors (Lipinski definition) is 0. The Morgan fingerprint density at radius 2 is 0.893 bits per heavy atom. The summed E-state index contributed by atoms with van der Waals surface area (Å²) in [7, 11) is 0. The van der Waals surface area contributed by atoms with Gasteiger partial charge in [0, 0.05) is 23.2 Å². The molecule has 5 aromatic rings. The van der Waals surface area contributed by atoms with Crippen LogP contribution in [0.3, 0.4) is 0 Å². The molecule has 2 nitrogen and oxygen atoms in total. The average Bonchev–Trinajstić information content (AvgIpc) is 2.75. The van der Waals surface area contributed by atoms with E-state index >= 15 is 0 Å². The second-order valence-electron chi connectivity index (χ2n) is 7.12. The predicted molar refractivity (Wildman–Crippen MR) is 116 cm³/mol. The first-order valence-electron chi connectivity index (χ1n) is 9.60. The van der Waals surface area contributed by atoms with Crippen LogP contribution in [-0.2, 0) is 12.8 Å². The summed E-state index contributed by atoms with van der Waals surface area (Å²) in [5.41, 5.74) is 7.16. The molecule has 0 aliphatic heterocycles. The number of hydrogen-bond acceptors (Lipinski definition) is 2. The summed E-state index contributed by atoms with van der Waals surface area (Å²) in [4.78, 5) is 9.39. The molecule has 5 rings (SSSR count). The van der Waals surface area contributed by atoms with Crippen LogP contribution in [0.2, 0.25) is 0 Å². The van der Waals surface area contributed by atoms with Gasteiger partial charge in [0.05, 0.1) is 11.0 Å². The van der Waals surface area contributed by atoms with Crippen molar-refractivity contribution in [1.29, 1.82) is 0 Å². The van der Waals surface area contributed by atoms with Gasteiger partial charge >= 0.3 is 0 Å². The molecule has 2 aromatic heterocycles. The molecule has 134 valence electrons. The summed E-state index contributed by atoms with van der Waals surface area (Å²) in [6.07, 6.45) is 5.61. The molecule has 0 amide bonds. The molecule has 0 bridgehead atoms. The molecule has 0 saturated heterocycles. The normalized spacial score (nSPS) is 11.1. The van der Waals surface area contributed by atoms with Gasteiger partial charge in [-0.15, -0.1) is 0 Å². The molecular formula is C26H20N2. The van der Waals surface area contributed by atoms with Crippen molar-refractivity contribution in [1.82, 2.24) is 9.97 Å². The van der Waals surface area contributed by atoms with Gasteiger partial charge in [-0.3, -0.25) is 9.97 Å². The van der Waals surface area contributed by atoms with Gasteiger partial charge in [-0.1, -0.05) is 72.8 Å². The maximum Gasteiger partial charge on any atom is 0.0967 e. The van der Waals surface area contributed by atoms with Crippen molar-refractivity contribution in [2.45, 2.75) is 12.8 Å². The van der Waals surface area contributed by atoms with Crippen molar-refractivity contribution in [3.63, 3.8) is 0 Å². The van der Waals surface area contributed by atoms with Gasteiger partial charge in [0.25, 0.3) is 0 Å². The predicted octanol–water partition coefficient (Wildman–Crippen LogP) is 5.96. The van der Waals surface area contributed by atoms with E-state index in [2.05, 4.69) is 84.9 Å². The van der Waals surface area contributed by atoms with Crippen molar-refractivity contribution >= 4 is 21.8 Å². The SMILES string of the molecule is c1ccc(Cc2ccnc3c2ccc2c(Cc4ccccc4)ccnc23)cc1. The third-order valence-electron chi connectivity index (χ3n) is 5.28. The Bertz CT molecular complexity index is 1140. The highest BCUT2D eigenvalue weighted by molar-refractivity contribution is 6.04. The van der Waals surface area contributed by atoms with Crippen LogP contribution in [0, 0.1) is 0 Å². The van der Waals surface area contributed by atoms with Crippen molar-refractivity contribution in [3.8, 4) is 0 Å². The molecule has 0 saturated carbocycles. The van der Waals surface area contributed by atoms with Gasteiger partial charge in [0.2, 0.25) is 0 Å². The molecule has 0 aliphatic carbocycles. The van der Waals surface area contributed by atoms with Crippen LogP contribution in [0.25, 0.3) is 21.8 Å². The molecular weight excluding hydrogens is 340 g/mol. The zero-order valence-corrected chi connectivity index (χ0v) is 15.5. The number of rotatable bonds is 4. The first-order chi connectivity index (χ1) is 13.9. The topological polar surface area (TPSA) is 25.8 Å². The van der Waals surface area contributed by atoms with Gasteiger partial charge in [0.15, 0.2) is 0 Å². The molecule has 3 aromatic carbocycles. The molecule has 2 heterocycles. The minimum Gasteiger partial charge on any atom is -0.254 e. The van der Waals surface area contributed by atoms with Gasteiger partial charge in [0.1, 0.15) is 0 Å². The Balaban J connectivity index is 1.62. The Morgan fingerprint density at radius 3 is 1.32 bits per heavy atom. The molecule has 0 atom stereocenters. The van der Waals surface area contributed by atoms with E-state index in [1.165, 1.54) is 33.0 Å². The van der Waals surface area contributed by atoms with E-state index in [-0.39, 0.29) is 0 Å². The Kier molecular flexibility index (Phi) is 4.30. The molecule has 0 spiro atoms. The van der Waals surface area contributed by atoms with Crippen LogP contribution >= 0.6 is 0 Å². The lowest BCUT2D eigenvalue weighted by Gasteiger charge is -2.11. The maximum absolute atomic E-state index is 4.70. The molecule has 0 fully saturated rings. The maximum atomic E-state index is 4.70. The monoisotopic (exact) mass is 360 g/mol. The van der Waals surface area contributed by atoms with Gasteiger partial charge in [-0.2, -0.15) is 0 Å². The highest BCUT2D eigenvalue weighted by Crippen LogP contribution is 2.28. The summed E-state index contributed by atoms with van der Waals surface area (Å²) >= 11 is 0. The fourth-order valence-corrected chi connectivity index (χ4v) is 3.88. The minimum atomic E-state index is 0.898. The lowest BCUT2D eigenvalue weighted by Crippen LogP contribution is -1.95. The Labute approximate surface area is 164 Å².